The molecular weight excluding hydrogens is 364 g/mol. The van der Waals surface area contributed by atoms with Crippen molar-refractivity contribution < 1.29 is 18.4 Å². The quantitative estimate of drug-likeness (QED) is 0.759. The molecule has 0 aromatic heterocycles. The zero-order chi connectivity index (χ0) is 18.8. The standard InChI is InChI=1S/C18H14ClF2N3O2/c1-9-15(17(25)23-12-5-6-13(20)14(21)8-12)16(24-18(26)22-9)10-3-2-4-11(19)7-10/h2-8,16H,1H3,(H,23,25)(H2,22,24,26)/t16-/m1/s1. The van der Waals surface area contributed by atoms with Crippen LogP contribution in [0.3, 0.4) is 0 Å². The molecule has 1 heterocycles. The predicted molar refractivity (Wildman–Crippen MR) is 93.5 cm³/mol. The number of benzene rings is 2. The van der Waals surface area contributed by atoms with Gasteiger partial charge in [0, 0.05) is 22.5 Å². The minimum atomic E-state index is -1.07. The summed E-state index contributed by atoms with van der Waals surface area (Å²) in [6.07, 6.45) is 0. The average molecular weight is 378 g/mol. The van der Waals surface area contributed by atoms with Crippen LogP contribution in [0.25, 0.3) is 0 Å². The topological polar surface area (TPSA) is 70.2 Å². The third kappa shape index (κ3) is 3.67. The molecule has 3 amide bonds. The number of amides is 3. The van der Waals surface area contributed by atoms with Crippen molar-refractivity contribution >= 4 is 29.2 Å². The van der Waals surface area contributed by atoms with Gasteiger partial charge in [0.25, 0.3) is 5.91 Å². The third-order valence-corrected chi connectivity index (χ3v) is 4.11. The van der Waals surface area contributed by atoms with Gasteiger partial charge in [0.1, 0.15) is 0 Å². The van der Waals surface area contributed by atoms with Gasteiger partial charge in [-0.1, -0.05) is 23.7 Å². The van der Waals surface area contributed by atoms with Crippen molar-refractivity contribution in [2.24, 2.45) is 0 Å². The number of urea groups is 1. The van der Waals surface area contributed by atoms with Crippen LogP contribution in [0.15, 0.2) is 53.7 Å². The van der Waals surface area contributed by atoms with Crippen LogP contribution in [0.2, 0.25) is 5.02 Å². The summed E-state index contributed by atoms with van der Waals surface area (Å²) in [5.74, 6) is -2.65. The molecule has 0 radical (unpaired) electrons. The highest BCUT2D eigenvalue weighted by Crippen LogP contribution is 2.29. The zero-order valence-electron chi connectivity index (χ0n) is 13.6. The van der Waals surface area contributed by atoms with E-state index in [1.807, 2.05) is 0 Å². The number of nitrogens with one attached hydrogen (secondary N) is 3. The second-order valence-corrected chi connectivity index (χ2v) is 6.14. The van der Waals surface area contributed by atoms with Crippen molar-refractivity contribution in [2.75, 3.05) is 5.32 Å². The molecule has 1 aliphatic heterocycles. The first-order chi connectivity index (χ1) is 12.3. The number of halogens is 3. The van der Waals surface area contributed by atoms with Crippen LogP contribution in [0, 0.1) is 11.6 Å². The van der Waals surface area contributed by atoms with Gasteiger partial charge in [-0.15, -0.1) is 0 Å². The third-order valence-electron chi connectivity index (χ3n) is 3.87. The number of carbonyl (C=O) groups excluding carboxylic acids is 2. The maximum atomic E-state index is 13.4. The minimum absolute atomic E-state index is 0.0935. The highest BCUT2D eigenvalue weighted by molar-refractivity contribution is 6.30. The largest absolute Gasteiger partial charge is 0.327 e. The molecule has 0 saturated heterocycles. The van der Waals surface area contributed by atoms with Gasteiger partial charge in [-0.05, 0) is 36.8 Å². The lowest BCUT2D eigenvalue weighted by atomic mass is 9.95. The van der Waals surface area contributed by atoms with Crippen molar-refractivity contribution in [1.29, 1.82) is 0 Å². The first-order valence-electron chi connectivity index (χ1n) is 7.65. The highest BCUT2D eigenvalue weighted by atomic mass is 35.5. The van der Waals surface area contributed by atoms with E-state index in [-0.39, 0.29) is 11.3 Å². The summed E-state index contributed by atoms with van der Waals surface area (Å²) in [6.45, 7) is 1.58. The van der Waals surface area contributed by atoms with Crippen molar-refractivity contribution in [2.45, 2.75) is 13.0 Å². The van der Waals surface area contributed by atoms with Gasteiger partial charge in [0.05, 0.1) is 11.6 Å². The number of hydrogen-bond donors (Lipinski definition) is 3. The van der Waals surface area contributed by atoms with Gasteiger partial charge < -0.3 is 16.0 Å². The Morgan fingerprint density at radius 2 is 1.92 bits per heavy atom. The monoisotopic (exact) mass is 377 g/mol. The molecule has 0 unspecified atom stereocenters. The van der Waals surface area contributed by atoms with E-state index in [0.717, 1.165) is 12.1 Å². The SMILES string of the molecule is CC1=C(C(=O)Nc2ccc(F)c(F)c2)[C@@H](c2cccc(Cl)c2)NC(=O)N1. The molecule has 0 fully saturated rings. The molecule has 3 N–H and O–H groups in total. The fraction of sp³-hybridized carbons (Fsp3) is 0.111. The van der Waals surface area contributed by atoms with E-state index in [1.165, 1.54) is 6.07 Å². The molecule has 8 heteroatoms. The summed E-state index contributed by atoms with van der Waals surface area (Å²) in [4.78, 5) is 24.6. The van der Waals surface area contributed by atoms with Crippen LogP contribution in [0.5, 0.6) is 0 Å². The first-order valence-corrected chi connectivity index (χ1v) is 8.03. The fourth-order valence-electron chi connectivity index (χ4n) is 2.70. The molecule has 0 bridgehead atoms. The summed E-state index contributed by atoms with van der Waals surface area (Å²) < 4.78 is 26.4. The molecule has 1 aliphatic rings. The minimum Gasteiger partial charge on any atom is -0.327 e. The summed E-state index contributed by atoms with van der Waals surface area (Å²) in [5, 5.41) is 8.16. The number of rotatable bonds is 3. The first kappa shape index (κ1) is 17.9. The molecule has 5 nitrogen and oxygen atoms in total. The molecule has 2 aromatic rings. The molecule has 2 aromatic carbocycles. The normalized spacial score (nSPS) is 16.8. The lowest BCUT2D eigenvalue weighted by Gasteiger charge is -2.28. The van der Waals surface area contributed by atoms with Crippen LogP contribution in [-0.2, 0) is 4.79 Å². The van der Waals surface area contributed by atoms with Crippen molar-refractivity contribution in [3.63, 3.8) is 0 Å². The Kier molecular flexibility index (Phi) is 4.90. The summed E-state index contributed by atoms with van der Waals surface area (Å²) in [6, 6.07) is 8.57. The summed E-state index contributed by atoms with van der Waals surface area (Å²) in [7, 11) is 0. The zero-order valence-corrected chi connectivity index (χ0v) is 14.3. The van der Waals surface area contributed by atoms with Crippen molar-refractivity contribution in [3.8, 4) is 0 Å². The van der Waals surface area contributed by atoms with E-state index in [4.69, 9.17) is 11.6 Å². The maximum Gasteiger partial charge on any atom is 0.319 e. The Morgan fingerprint density at radius 1 is 1.15 bits per heavy atom. The van der Waals surface area contributed by atoms with Gasteiger partial charge in [-0.2, -0.15) is 0 Å². The van der Waals surface area contributed by atoms with Gasteiger partial charge in [-0.25, -0.2) is 13.6 Å². The molecule has 0 aliphatic carbocycles. The van der Waals surface area contributed by atoms with E-state index in [1.54, 1.807) is 31.2 Å². The smallest absolute Gasteiger partial charge is 0.319 e. The number of anilines is 1. The Morgan fingerprint density at radius 3 is 2.62 bits per heavy atom. The number of carbonyl (C=O) groups is 2. The van der Waals surface area contributed by atoms with Crippen molar-refractivity contribution in [1.82, 2.24) is 10.6 Å². The number of hydrogen-bond acceptors (Lipinski definition) is 2. The maximum absolute atomic E-state index is 13.4. The summed E-state index contributed by atoms with van der Waals surface area (Å²) in [5.41, 5.74) is 1.29. The molecular formula is C18H14ClF2N3O2. The van der Waals surface area contributed by atoms with E-state index in [9.17, 15) is 18.4 Å². The molecule has 26 heavy (non-hydrogen) atoms. The fourth-order valence-corrected chi connectivity index (χ4v) is 2.90. The van der Waals surface area contributed by atoms with Crippen molar-refractivity contribution in [3.05, 3.63) is 76.0 Å². The molecule has 1 atom stereocenters. The van der Waals surface area contributed by atoms with E-state index < -0.39 is 29.6 Å². The molecule has 3 rings (SSSR count). The van der Waals surface area contributed by atoms with Crippen LogP contribution < -0.4 is 16.0 Å². The van der Waals surface area contributed by atoms with E-state index >= 15 is 0 Å². The van der Waals surface area contributed by atoms with Crippen LogP contribution >= 0.6 is 11.6 Å². The Balaban J connectivity index is 1.95. The molecule has 0 spiro atoms. The van der Waals surface area contributed by atoms with Crippen LogP contribution in [0.1, 0.15) is 18.5 Å². The second-order valence-electron chi connectivity index (χ2n) is 5.71. The lowest BCUT2D eigenvalue weighted by molar-refractivity contribution is -0.113. The Labute approximate surface area is 153 Å². The van der Waals surface area contributed by atoms with Gasteiger partial charge in [0.2, 0.25) is 0 Å². The lowest BCUT2D eigenvalue weighted by Crippen LogP contribution is -2.45. The number of allylic oxidation sites excluding steroid dienone is 1. The summed E-state index contributed by atoms with van der Waals surface area (Å²) >= 11 is 6.00. The van der Waals surface area contributed by atoms with Crippen LogP contribution in [0.4, 0.5) is 19.3 Å². The predicted octanol–water partition coefficient (Wildman–Crippen LogP) is 3.88. The Bertz CT molecular complexity index is 930. The van der Waals surface area contributed by atoms with E-state index in [2.05, 4.69) is 16.0 Å². The van der Waals surface area contributed by atoms with Gasteiger partial charge >= 0.3 is 6.03 Å². The van der Waals surface area contributed by atoms with Gasteiger partial charge in [-0.3, -0.25) is 4.79 Å². The molecule has 134 valence electrons. The molecule has 0 saturated carbocycles. The average Bonchev–Trinajstić information content (AvgIpc) is 2.57. The highest BCUT2D eigenvalue weighted by Gasteiger charge is 2.31. The van der Waals surface area contributed by atoms with E-state index in [0.29, 0.717) is 16.3 Å². The Hall–Kier alpha value is -2.93. The van der Waals surface area contributed by atoms with Crippen LogP contribution in [-0.4, -0.2) is 11.9 Å². The second kappa shape index (κ2) is 7.13. The van der Waals surface area contributed by atoms with Gasteiger partial charge in [0.15, 0.2) is 11.6 Å².